The Balaban J connectivity index is 1.93. The van der Waals surface area contributed by atoms with Crippen molar-refractivity contribution in [2.75, 3.05) is 24.2 Å². The number of carbonyl (C=O) groups excluding carboxylic acids is 3. The summed E-state index contributed by atoms with van der Waals surface area (Å²) in [6.45, 7) is 3.84. The molecular formula is C21H25N3O5S. The molecule has 0 fully saturated rings. The average molecular weight is 432 g/mol. The minimum atomic E-state index is -3.73. The third kappa shape index (κ3) is 8.04. The molecule has 0 radical (unpaired) electrons. The monoisotopic (exact) mass is 431 g/mol. The molecule has 0 spiro atoms. The van der Waals surface area contributed by atoms with Crippen LogP contribution >= 0.6 is 0 Å². The van der Waals surface area contributed by atoms with E-state index >= 15 is 0 Å². The smallest absolute Gasteiger partial charge is 0.251 e. The Labute approximate surface area is 176 Å². The molecule has 0 unspecified atom stereocenters. The van der Waals surface area contributed by atoms with E-state index in [0.29, 0.717) is 23.4 Å². The molecule has 2 aromatic rings. The van der Waals surface area contributed by atoms with E-state index in [4.69, 9.17) is 0 Å². The van der Waals surface area contributed by atoms with Crippen molar-refractivity contribution in [3.63, 3.8) is 0 Å². The van der Waals surface area contributed by atoms with Crippen LogP contribution < -0.4 is 16.0 Å². The van der Waals surface area contributed by atoms with Gasteiger partial charge in [-0.3, -0.25) is 14.4 Å². The van der Waals surface area contributed by atoms with E-state index < -0.39 is 21.5 Å². The van der Waals surface area contributed by atoms with Gasteiger partial charge in [0, 0.05) is 31.3 Å². The first kappa shape index (κ1) is 23.1. The third-order valence-corrected chi connectivity index (χ3v) is 5.52. The van der Waals surface area contributed by atoms with E-state index in [1.54, 1.807) is 30.3 Å². The predicted molar refractivity (Wildman–Crippen MR) is 115 cm³/mol. The fourth-order valence-corrected chi connectivity index (χ4v) is 3.92. The van der Waals surface area contributed by atoms with Gasteiger partial charge in [-0.1, -0.05) is 29.8 Å². The summed E-state index contributed by atoms with van der Waals surface area (Å²) in [6, 6.07) is 13.2. The molecule has 0 saturated heterocycles. The number of rotatable bonds is 9. The number of sulfone groups is 1. The van der Waals surface area contributed by atoms with Gasteiger partial charge in [0.1, 0.15) is 5.75 Å². The number of amides is 3. The maximum atomic E-state index is 12.4. The lowest BCUT2D eigenvalue weighted by atomic mass is 10.1. The lowest BCUT2D eigenvalue weighted by Gasteiger charge is -2.09. The van der Waals surface area contributed by atoms with Crippen LogP contribution in [0.2, 0.25) is 0 Å². The van der Waals surface area contributed by atoms with Crippen molar-refractivity contribution in [2.45, 2.75) is 19.6 Å². The summed E-state index contributed by atoms with van der Waals surface area (Å²) >= 11 is 0. The zero-order chi connectivity index (χ0) is 22.1. The number of aryl methyl sites for hydroxylation is 1. The van der Waals surface area contributed by atoms with Gasteiger partial charge in [-0.15, -0.1) is 0 Å². The largest absolute Gasteiger partial charge is 0.355 e. The summed E-state index contributed by atoms with van der Waals surface area (Å²) in [5.41, 5.74) is 2.26. The highest BCUT2D eigenvalue weighted by Gasteiger charge is 2.18. The number of nitrogens with one attached hydrogen (secondary N) is 3. The summed E-state index contributed by atoms with van der Waals surface area (Å²) in [5.74, 6) is -2.21. The molecule has 8 nitrogen and oxygen atoms in total. The molecule has 0 aliphatic heterocycles. The maximum absolute atomic E-state index is 12.4. The predicted octanol–water partition coefficient (Wildman–Crippen LogP) is 1.41. The first-order chi connectivity index (χ1) is 14.1. The summed E-state index contributed by atoms with van der Waals surface area (Å²) < 4.78 is 24.8. The molecule has 3 amide bonds. The first-order valence-electron chi connectivity index (χ1n) is 9.33. The van der Waals surface area contributed by atoms with Crippen LogP contribution in [0.5, 0.6) is 0 Å². The van der Waals surface area contributed by atoms with Crippen LogP contribution in [0.25, 0.3) is 0 Å². The van der Waals surface area contributed by atoms with E-state index in [9.17, 15) is 22.8 Å². The van der Waals surface area contributed by atoms with Crippen LogP contribution in [-0.2, 0) is 25.2 Å². The first-order valence-corrected chi connectivity index (χ1v) is 11.2. The van der Waals surface area contributed by atoms with Gasteiger partial charge in [-0.25, -0.2) is 8.42 Å². The van der Waals surface area contributed by atoms with Gasteiger partial charge >= 0.3 is 0 Å². The summed E-state index contributed by atoms with van der Waals surface area (Å²) in [5, 5.41) is 7.77. The van der Waals surface area contributed by atoms with Gasteiger partial charge in [-0.05, 0) is 36.8 Å². The molecule has 0 aliphatic rings. The van der Waals surface area contributed by atoms with Crippen molar-refractivity contribution in [3.8, 4) is 0 Å². The van der Waals surface area contributed by atoms with Crippen molar-refractivity contribution in [2.24, 2.45) is 0 Å². The maximum Gasteiger partial charge on any atom is 0.251 e. The Morgan fingerprint density at radius 1 is 0.933 bits per heavy atom. The highest BCUT2D eigenvalue weighted by atomic mass is 32.2. The minimum Gasteiger partial charge on any atom is -0.355 e. The molecule has 30 heavy (non-hydrogen) atoms. The van der Waals surface area contributed by atoms with Crippen LogP contribution in [0.1, 0.15) is 28.4 Å². The quantitative estimate of drug-likeness (QED) is 0.519. The minimum absolute atomic E-state index is 0.192. The lowest BCUT2D eigenvalue weighted by Crippen LogP contribution is -2.33. The van der Waals surface area contributed by atoms with Crippen LogP contribution in [0.3, 0.4) is 0 Å². The Morgan fingerprint density at radius 3 is 2.27 bits per heavy atom. The van der Waals surface area contributed by atoms with Crippen molar-refractivity contribution in [1.29, 1.82) is 0 Å². The van der Waals surface area contributed by atoms with Gasteiger partial charge in [0.25, 0.3) is 5.91 Å². The van der Waals surface area contributed by atoms with E-state index in [-0.39, 0.29) is 24.1 Å². The Kier molecular flexibility index (Phi) is 8.11. The average Bonchev–Trinajstić information content (AvgIpc) is 2.66. The molecule has 0 saturated carbocycles. The van der Waals surface area contributed by atoms with E-state index in [1.807, 2.05) is 19.1 Å². The Hall–Kier alpha value is -3.20. The van der Waals surface area contributed by atoms with Gasteiger partial charge in [-0.2, -0.15) is 0 Å². The number of carbonyl (C=O) groups is 3. The zero-order valence-corrected chi connectivity index (χ0v) is 17.7. The van der Waals surface area contributed by atoms with Crippen molar-refractivity contribution in [3.05, 3.63) is 65.2 Å². The van der Waals surface area contributed by atoms with Crippen molar-refractivity contribution >= 4 is 33.2 Å². The number of hydrogen-bond acceptors (Lipinski definition) is 5. The Bertz CT molecular complexity index is 1020. The van der Waals surface area contributed by atoms with Crippen molar-refractivity contribution in [1.82, 2.24) is 10.6 Å². The number of benzene rings is 2. The molecule has 0 heterocycles. The molecule has 0 aliphatic carbocycles. The molecule has 0 atom stereocenters. The molecule has 0 aromatic heterocycles. The number of hydrogen-bond donors (Lipinski definition) is 3. The second-order valence-corrected chi connectivity index (χ2v) is 8.95. The lowest BCUT2D eigenvalue weighted by molar-refractivity contribution is -0.119. The fourth-order valence-electron chi connectivity index (χ4n) is 2.66. The second kappa shape index (κ2) is 10.5. The molecule has 2 aromatic carbocycles. The normalized spacial score (nSPS) is 10.9. The molecular weight excluding hydrogens is 406 g/mol. The van der Waals surface area contributed by atoms with Crippen LogP contribution in [0.15, 0.2) is 48.5 Å². The molecule has 2 rings (SSSR count). The summed E-state index contributed by atoms with van der Waals surface area (Å²) in [7, 11) is -3.73. The second-order valence-electron chi connectivity index (χ2n) is 6.89. The van der Waals surface area contributed by atoms with Gasteiger partial charge < -0.3 is 16.0 Å². The zero-order valence-electron chi connectivity index (χ0n) is 16.9. The van der Waals surface area contributed by atoms with E-state index in [2.05, 4.69) is 16.0 Å². The van der Waals surface area contributed by atoms with Gasteiger partial charge in [0.2, 0.25) is 11.8 Å². The van der Waals surface area contributed by atoms with Crippen LogP contribution in [0, 0.1) is 6.92 Å². The topological polar surface area (TPSA) is 121 Å². The summed E-state index contributed by atoms with van der Waals surface area (Å²) in [6.07, 6.45) is 0. The van der Waals surface area contributed by atoms with Crippen LogP contribution in [0.4, 0.5) is 5.69 Å². The Morgan fingerprint density at radius 2 is 1.60 bits per heavy atom. The SMILES string of the molecule is CC(=O)NCCNC(=O)c1cccc(CS(=O)(=O)CC(=O)Nc2ccc(C)cc2)c1. The number of anilines is 1. The molecule has 0 bridgehead atoms. The summed E-state index contributed by atoms with van der Waals surface area (Å²) in [4.78, 5) is 35.1. The van der Waals surface area contributed by atoms with Gasteiger partial charge in [0.15, 0.2) is 9.84 Å². The molecule has 160 valence electrons. The van der Waals surface area contributed by atoms with Crippen LogP contribution in [-0.4, -0.2) is 45.0 Å². The van der Waals surface area contributed by atoms with Crippen molar-refractivity contribution < 1.29 is 22.8 Å². The highest BCUT2D eigenvalue weighted by molar-refractivity contribution is 7.91. The van der Waals surface area contributed by atoms with Gasteiger partial charge in [0.05, 0.1) is 5.75 Å². The standard InChI is InChI=1S/C21H25N3O5S/c1-15-6-8-19(9-7-15)24-20(26)14-30(28,29)13-17-4-3-5-18(12-17)21(27)23-11-10-22-16(2)25/h3-9,12H,10-11,13-14H2,1-2H3,(H,22,25)(H,23,27)(H,24,26). The molecule has 3 N–H and O–H groups in total. The molecule has 9 heteroatoms. The fraction of sp³-hybridized carbons (Fsp3) is 0.286. The third-order valence-electron chi connectivity index (χ3n) is 4.05. The van der Waals surface area contributed by atoms with E-state index in [0.717, 1.165) is 5.56 Å². The van der Waals surface area contributed by atoms with E-state index in [1.165, 1.54) is 13.0 Å². The highest BCUT2D eigenvalue weighted by Crippen LogP contribution is 2.12.